The molecule has 0 bridgehead atoms. The van der Waals surface area contributed by atoms with Crippen molar-refractivity contribution in [3.05, 3.63) is 42.0 Å². The van der Waals surface area contributed by atoms with Crippen molar-refractivity contribution in [1.82, 2.24) is 0 Å². The van der Waals surface area contributed by atoms with Crippen LogP contribution in [0, 0.1) is 0 Å². The Labute approximate surface area is 143 Å². The van der Waals surface area contributed by atoms with E-state index in [1.54, 1.807) is 0 Å². The fourth-order valence-corrected chi connectivity index (χ4v) is 3.98. The molecule has 128 valence electrons. The molecule has 3 rings (SSSR count). The third-order valence-electron chi connectivity index (χ3n) is 5.38. The molecule has 1 unspecified atom stereocenters. The summed E-state index contributed by atoms with van der Waals surface area (Å²) in [7, 11) is -4.24. The van der Waals surface area contributed by atoms with Gasteiger partial charge >= 0.3 is 0 Å². The van der Waals surface area contributed by atoms with Crippen LogP contribution < -0.4 is 0 Å². The van der Waals surface area contributed by atoms with Gasteiger partial charge in [-0.15, -0.1) is 0 Å². The molecule has 1 aliphatic rings. The highest BCUT2D eigenvalue weighted by Gasteiger charge is 2.44. The largest absolute Gasteiger partial charge is 0.748 e. The first-order valence-corrected chi connectivity index (χ1v) is 9.69. The van der Waals surface area contributed by atoms with Gasteiger partial charge in [-0.2, -0.15) is 4.58 Å². The van der Waals surface area contributed by atoms with Crippen molar-refractivity contribution < 1.29 is 17.5 Å². The molecule has 1 aliphatic heterocycles. The molecule has 0 saturated carbocycles. The Kier molecular flexibility index (Phi) is 4.04. The van der Waals surface area contributed by atoms with Crippen LogP contribution in [0.2, 0.25) is 0 Å². The number of benzene rings is 2. The topological polar surface area (TPSA) is 60.2 Å². The second-order valence-corrected chi connectivity index (χ2v) is 8.93. The van der Waals surface area contributed by atoms with Crippen LogP contribution in [0.1, 0.15) is 39.7 Å². The number of hydrogen-bond acceptors (Lipinski definition) is 3. The van der Waals surface area contributed by atoms with Gasteiger partial charge in [-0.05, 0) is 37.6 Å². The minimum Gasteiger partial charge on any atom is -0.748 e. The molecule has 0 aromatic heterocycles. The van der Waals surface area contributed by atoms with Gasteiger partial charge in [-0.3, -0.25) is 0 Å². The van der Waals surface area contributed by atoms with Crippen LogP contribution in [-0.2, 0) is 15.5 Å². The maximum atomic E-state index is 11.2. The number of hydrogen-bond donors (Lipinski definition) is 0. The van der Waals surface area contributed by atoms with E-state index in [0.717, 1.165) is 5.69 Å². The zero-order valence-corrected chi connectivity index (χ0v) is 15.4. The van der Waals surface area contributed by atoms with E-state index in [1.165, 1.54) is 29.0 Å². The van der Waals surface area contributed by atoms with Crippen LogP contribution in [0.25, 0.3) is 10.8 Å². The monoisotopic (exact) mass is 345 g/mol. The Morgan fingerprint density at radius 2 is 1.83 bits per heavy atom. The van der Waals surface area contributed by atoms with E-state index in [9.17, 15) is 13.0 Å². The van der Waals surface area contributed by atoms with Gasteiger partial charge < -0.3 is 4.55 Å². The van der Waals surface area contributed by atoms with Crippen molar-refractivity contribution >= 4 is 32.3 Å². The molecule has 0 spiro atoms. The molecule has 0 radical (unpaired) electrons. The van der Waals surface area contributed by atoms with E-state index in [2.05, 4.69) is 49.6 Å². The smallest absolute Gasteiger partial charge is 0.210 e. The molecule has 0 saturated heterocycles. The van der Waals surface area contributed by atoms with Crippen LogP contribution >= 0.6 is 0 Å². The maximum absolute atomic E-state index is 11.2. The van der Waals surface area contributed by atoms with Gasteiger partial charge in [0, 0.05) is 25.0 Å². The molecule has 5 heteroatoms. The average Bonchev–Trinajstić information content (AvgIpc) is 2.71. The summed E-state index contributed by atoms with van der Waals surface area (Å²) in [6.45, 7) is 8.50. The standard InChI is InChI=1S/C19H23NO3S/c1-13(24(21,22)23)11-12-20-14(2)19(3,4)18-16-8-6-5-7-15(16)9-10-17(18)20/h5-10,13H,11-12H2,1-4H3. The third-order valence-corrected chi connectivity index (χ3v) is 6.61. The first-order valence-electron chi connectivity index (χ1n) is 8.22. The van der Waals surface area contributed by atoms with Crippen LogP contribution in [0.3, 0.4) is 0 Å². The second-order valence-electron chi connectivity index (χ2n) is 7.13. The highest BCUT2D eigenvalue weighted by molar-refractivity contribution is 7.86. The highest BCUT2D eigenvalue weighted by Crippen LogP contribution is 2.43. The molecule has 1 heterocycles. The summed E-state index contributed by atoms with van der Waals surface area (Å²) in [4.78, 5) is 0. The summed E-state index contributed by atoms with van der Waals surface area (Å²) in [6.07, 6.45) is 0.325. The fraction of sp³-hybridized carbons (Fsp3) is 0.421. The maximum Gasteiger partial charge on any atom is 0.210 e. The molecular formula is C19H23NO3S. The molecule has 0 fully saturated rings. The molecule has 0 amide bonds. The first-order chi connectivity index (χ1) is 11.1. The van der Waals surface area contributed by atoms with Gasteiger partial charge in [0.05, 0.1) is 20.8 Å². The SMILES string of the molecule is CC1=[N+](CCC(C)S(=O)(=O)[O-])c2ccc3ccccc3c2C1(C)C. The van der Waals surface area contributed by atoms with Gasteiger partial charge in [0.2, 0.25) is 5.69 Å². The number of nitrogens with zero attached hydrogens (tertiary/aromatic N) is 1. The predicted molar refractivity (Wildman–Crippen MR) is 96.2 cm³/mol. The summed E-state index contributed by atoms with van der Waals surface area (Å²) in [6, 6.07) is 12.5. The van der Waals surface area contributed by atoms with Crippen molar-refractivity contribution in [2.75, 3.05) is 6.54 Å². The Morgan fingerprint density at radius 1 is 1.17 bits per heavy atom. The number of rotatable bonds is 4. The summed E-state index contributed by atoms with van der Waals surface area (Å²) < 4.78 is 35.7. The Bertz CT molecular complexity index is 942. The molecule has 2 aromatic rings. The molecule has 2 aromatic carbocycles. The van der Waals surface area contributed by atoms with Gasteiger partial charge in [0.15, 0.2) is 5.71 Å². The fourth-order valence-electron chi connectivity index (χ4n) is 3.58. The van der Waals surface area contributed by atoms with Crippen LogP contribution in [0.4, 0.5) is 5.69 Å². The Hall–Kier alpha value is -1.72. The molecule has 0 N–H and O–H groups in total. The molecule has 1 atom stereocenters. The summed E-state index contributed by atoms with van der Waals surface area (Å²) in [5.74, 6) is 0. The van der Waals surface area contributed by atoms with E-state index < -0.39 is 15.4 Å². The van der Waals surface area contributed by atoms with Crippen LogP contribution in [0.15, 0.2) is 36.4 Å². The summed E-state index contributed by atoms with van der Waals surface area (Å²) >= 11 is 0. The lowest BCUT2D eigenvalue weighted by molar-refractivity contribution is -0.439. The lowest BCUT2D eigenvalue weighted by Crippen LogP contribution is -2.28. The summed E-state index contributed by atoms with van der Waals surface area (Å²) in [5, 5.41) is 1.55. The third kappa shape index (κ3) is 2.66. The van der Waals surface area contributed by atoms with Gasteiger partial charge in [-0.1, -0.05) is 24.3 Å². The highest BCUT2D eigenvalue weighted by atomic mass is 32.2. The van der Waals surface area contributed by atoms with Crippen molar-refractivity contribution in [1.29, 1.82) is 0 Å². The van der Waals surface area contributed by atoms with Crippen molar-refractivity contribution in [2.45, 2.75) is 44.8 Å². The van der Waals surface area contributed by atoms with Crippen LogP contribution in [-0.4, -0.2) is 35.1 Å². The zero-order valence-electron chi connectivity index (χ0n) is 14.5. The summed E-state index contributed by atoms with van der Waals surface area (Å²) in [5.41, 5.74) is 3.45. The van der Waals surface area contributed by atoms with Gasteiger partial charge in [-0.25, -0.2) is 8.42 Å². The second kappa shape index (κ2) is 5.67. The minimum absolute atomic E-state index is 0.129. The molecular weight excluding hydrogens is 322 g/mol. The zero-order chi connectivity index (χ0) is 17.7. The van der Waals surface area contributed by atoms with Crippen molar-refractivity contribution in [3.8, 4) is 0 Å². The molecule has 24 heavy (non-hydrogen) atoms. The normalized spacial score (nSPS) is 18.0. The van der Waals surface area contributed by atoms with Gasteiger partial charge in [0.25, 0.3) is 0 Å². The van der Waals surface area contributed by atoms with E-state index in [1.807, 2.05) is 12.1 Å². The molecule has 4 nitrogen and oxygen atoms in total. The Morgan fingerprint density at radius 3 is 2.50 bits per heavy atom. The minimum atomic E-state index is -4.24. The Balaban J connectivity index is 2.07. The first kappa shape index (κ1) is 17.1. The van der Waals surface area contributed by atoms with Gasteiger partial charge in [0.1, 0.15) is 6.54 Å². The van der Waals surface area contributed by atoms with E-state index in [0.29, 0.717) is 13.0 Å². The average molecular weight is 345 g/mol. The quantitative estimate of drug-likeness (QED) is 0.629. The van der Waals surface area contributed by atoms with E-state index >= 15 is 0 Å². The predicted octanol–water partition coefficient (Wildman–Crippen LogP) is 3.56. The van der Waals surface area contributed by atoms with Crippen molar-refractivity contribution in [3.63, 3.8) is 0 Å². The lowest BCUT2D eigenvalue weighted by Gasteiger charge is -2.17. The van der Waals surface area contributed by atoms with Crippen LogP contribution in [0.5, 0.6) is 0 Å². The van der Waals surface area contributed by atoms with Crippen molar-refractivity contribution in [2.24, 2.45) is 0 Å². The lowest BCUT2D eigenvalue weighted by atomic mass is 9.80. The van der Waals surface area contributed by atoms with E-state index in [-0.39, 0.29) is 5.41 Å². The van der Waals surface area contributed by atoms with E-state index in [4.69, 9.17) is 0 Å². The molecule has 0 aliphatic carbocycles. The number of fused-ring (bicyclic) bond motifs is 3.